The summed E-state index contributed by atoms with van der Waals surface area (Å²) in [6, 6.07) is -0.993. The van der Waals surface area contributed by atoms with Gasteiger partial charge in [-0.15, -0.1) is 0 Å². The largest absolute Gasteiger partial charge is 0.481 e. The fourth-order valence-electron chi connectivity index (χ4n) is 2.53. The number of amides is 2. The number of nitrogens with zero attached hydrogens (tertiary/aromatic N) is 1. The van der Waals surface area contributed by atoms with Gasteiger partial charge in [0, 0.05) is 12.1 Å². The van der Waals surface area contributed by atoms with E-state index in [2.05, 4.69) is 10.1 Å². The number of esters is 1. The van der Waals surface area contributed by atoms with Gasteiger partial charge in [-0.1, -0.05) is 12.8 Å². The van der Waals surface area contributed by atoms with Crippen LogP contribution < -0.4 is 5.32 Å². The number of hydrogen-bond donors (Lipinski definition) is 2. The zero-order chi connectivity index (χ0) is 16.0. The van der Waals surface area contributed by atoms with Crippen LogP contribution in [0.25, 0.3) is 0 Å². The quantitative estimate of drug-likeness (QED) is 0.744. The molecule has 0 radical (unpaired) electrons. The second-order valence-electron chi connectivity index (χ2n) is 5.58. The van der Waals surface area contributed by atoms with Gasteiger partial charge in [-0.3, -0.25) is 9.59 Å². The minimum Gasteiger partial charge on any atom is -0.481 e. The number of hydrogen-bond acceptors (Lipinski definition) is 4. The minimum absolute atomic E-state index is 0.148. The molecule has 1 saturated carbocycles. The molecule has 0 aromatic heterocycles. The first-order valence-corrected chi connectivity index (χ1v) is 7.23. The average Bonchev–Trinajstić information content (AvgIpc) is 2.44. The maximum absolute atomic E-state index is 12.3. The molecule has 0 heterocycles. The molecule has 0 aliphatic heterocycles. The second-order valence-corrected chi connectivity index (χ2v) is 5.58. The highest BCUT2D eigenvalue weighted by Crippen LogP contribution is 2.25. The normalized spacial score (nSPS) is 21.7. The molecule has 7 heteroatoms. The standard InChI is InChI=1S/C14H24N2O5/c1-9(2)16(8-12(17)21-3)14(20)15-11-7-5-4-6-10(11)13(18)19/h9-11H,4-8H2,1-3H3,(H,15,20)(H,18,19). The van der Waals surface area contributed by atoms with Crippen molar-refractivity contribution in [2.45, 2.75) is 51.6 Å². The van der Waals surface area contributed by atoms with Gasteiger partial charge in [-0.25, -0.2) is 4.79 Å². The summed E-state index contributed by atoms with van der Waals surface area (Å²) in [5.41, 5.74) is 0. The lowest BCUT2D eigenvalue weighted by molar-refractivity contribution is -0.144. The van der Waals surface area contributed by atoms with E-state index in [0.717, 1.165) is 12.8 Å². The van der Waals surface area contributed by atoms with E-state index in [4.69, 9.17) is 0 Å². The highest BCUT2D eigenvalue weighted by Gasteiger charge is 2.33. The Bertz CT molecular complexity index is 397. The van der Waals surface area contributed by atoms with E-state index < -0.39 is 23.9 Å². The zero-order valence-electron chi connectivity index (χ0n) is 12.8. The molecule has 21 heavy (non-hydrogen) atoms. The number of rotatable bonds is 5. The van der Waals surface area contributed by atoms with Gasteiger partial charge < -0.3 is 20.1 Å². The van der Waals surface area contributed by atoms with E-state index >= 15 is 0 Å². The number of carbonyl (C=O) groups is 3. The summed E-state index contributed by atoms with van der Waals surface area (Å²) in [7, 11) is 1.26. The van der Waals surface area contributed by atoms with Gasteiger partial charge in [0.15, 0.2) is 0 Å². The summed E-state index contributed by atoms with van der Waals surface area (Å²) < 4.78 is 4.58. The molecule has 0 spiro atoms. The van der Waals surface area contributed by atoms with Crippen LogP contribution in [-0.2, 0) is 14.3 Å². The first-order chi connectivity index (χ1) is 9.86. The molecule has 2 atom stereocenters. The third-order valence-corrected chi connectivity index (χ3v) is 3.80. The van der Waals surface area contributed by atoms with Crippen LogP contribution in [0.4, 0.5) is 4.79 Å². The van der Waals surface area contributed by atoms with Crippen LogP contribution in [0.15, 0.2) is 0 Å². The molecule has 1 aliphatic carbocycles. The van der Waals surface area contributed by atoms with E-state index in [1.165, 1.54) is 12.0 Å². The molecule has 2 unspecified atom stereocenters. The molecule has 2 N–H and O–H groups in total. The van der Waals surface area contributed by atoms with Crippen molar-refractivity contribution in [2.75, 3.05) is 13.7 Å². The van der Waals surface area contributed by atoms with Gasteiger partial charge in [-0.2, -0.15) is 0 Å². The van der Waals surface area contributed by atoms with Crippen LogP contribution in [0.2, 0.25) is 0 Å². The topological polar surface area (TPSA) is 95.9 Å². The van der Waals surface area contributed by atoms with Crippen molar-refractivity contribution in [3.05, 3.63) is 0 Å². The number of carboxylic acids is 1. The van der Waals surface area contributed by atoms with E-state index in [-0.39, 0.29) is 18.6 Å². The Kier molecular flexibility index (Phi) is 6.45. The van der Waals surface area contributed by atoms with Crippen LogP contribution in [0.1, 0.15) is 39.5 Å². The third kappa shape index (κ3) is 4.91. The molecular formula is C14H24N2O5. The smallest absolute Gasteiger partial charge is 0.325 e. The summed E-state index contributed by atoms with van der Waals surface area (Å²) in [6.45, 7) is 3.43. The summed E-state index contributed by atoms with van der Waals surface area (Å²) in [5.74, 6) is -1.95. The predicted molar refractivity (Wildman–Crippen MR) is 75.8 cm³/mol. The molecule has 0 bridgehead atoms. The summed E-state index contributed by atoms with van der Waals surface area (Å²) in [5, 5.41) is 12.0. The molecule has 0 saturated heterocycles. The van der Waals surface area contributed by atoms with Crippen LogP contribution >= 0.6 is 0 Å². The van der Waals surface area contributed by atoms with Crippen molar-refractivity contribution in [1.82, 2.24) is 10.2 Å². The van der Waals surface area contributed by atoms with E-state index in [0.29, 0.717) is 12.8 Å². The fraction of sp³-hybridized carbons (Fsp3) is 0.786. The SMILES string of the molecule is COC(=O)CN(C(=O)NC1CCCCC1C(=O)O)C(C)C. The molecule has 2 amide bonds. The Morgan fingerprint density at radius 3 is 2.43 bits per heavy atom. The molecule has 0 aromatic rings. The van der Waals surface area contributed by atoms with Crippen molar-refractivity contribution in [2.24, 2.45) is 5.92 Å². The molecule has 7 nitrogen and oxygen atoms in total. The number of carbonyl (C=O) groups excluding carboxylic acids is 2. The van der Waals surface area contributed by atoms with Crippen LogP contribution in [0, 0.1) is 5.92 Å². The molecule has 1 rings (SSSR count). The van der Waals surface area contributed by atoms with Crippen molar-refractivity contribution in [3.8, 4) is 0 Å². The zero-order valence-corrected chi connectivity index (χ0v) is 12.8. The highest BCUT2D eigenvalue weighted by atomic mass is 16.5. The average molecular weight is 300 g/mol. The van der Waals surface area contributed by atoms with Gasteiger partial charge in [-0.05, 0) is 26.7 Å². The Labute approximate surface area is 124 Å². The number of ether oxygens (including phenoxy) is 1. The Morgan fingerprint density at radius 2 is 1.90 bits per heavy atom. The molecule has 1 aliphatic rings. The van der Waals surface area contributed by atoms with Gasteiger partial charge in [0.2, 0.25) is 0 Å². The van der Waals surface area contributed by atoms with Crippen molar-refractivity contribution < 1.29 is 24.2 Å². The Balaban J connectivity index is 2.70. The van der Waals surface area contributed by atoms with Crippen LogP contribution in [-0.4, -0.2) is 53.7 Å². The molecule has 1 fully saturated rings. The highest BCUT2D eigenvalue weighted by molar-refractivity contribution is 5.82. The Morgan fingerprint density at radius 1 is 1.29 bits per heavy atom. The lowest BCUT2D eigenvalue weighted by Gasteiger charge is -2.33. The van der Waals surface area contributed by atoms with Crippen LogP contribution in [0.5, 0.6) is 0 Å². The summed E-state index contributed by atoms with van der Waals surface area (Å²) >= 11 is 0. The first kappa shape index (κ1) is 17.3. The third-order valence-electron chi connectivity index (χ3n) is 3.80. The van der Waals surface area contributed by atoms with Crippen LogP contribution in [0.3, 0.4) is 0 Å². The summed E-state index contributed by atoms with van der Waals surface area (Å²) in [4.78, 5) is 36.2. The number of methoxy groups -OCH3 is 1. The minimum atomic E-state index is -0.885. The van der Waals surface area contributed by atoms with Gasteiger partial charge in [0.1, 0.15) is 6.54 Å². The number of urea groups is 1. The Hall–Kier alpha value is -1.79. The lowest BCUT2D eigenvalue weighted by atomic mass is 9.84. The number of aliphatic carboxylic acids is 1. The predicted octanol–water partition coefficient (Wildman–Crippen LogP) is 1.22. The number of nitrogens with one attached hydrogen (secondary N) is 1. The van der Waals surface area contributed by atoms with Crippen molar-refractivity contribution in [1.29, 1.82) is 0 Å². The monoisotopic (exact) mass is 300 g/mol. The molecule has 0 aromatic carbocycles. The number of carboxylic acid groups (broad SMARTS) is 1. The van der Waals surface area contributed by atoms with Gasteiger partial charge >= 0.3 is 18.0 Å². The first-order valence-electron chi connectivity index (χ1n) is 7.23. The maximum Gasteiger partial charge on any atom is 0.325 e. The van der Waals surface area contributed by atoms with E-state index in [1.54, 1.807) is 13.8 Å². The van der Waals surface area contributed by atoms with E-state index in [1.807, 2.05) is 0 Å². The van der Waals surface area contributed by atoms with Gasteiger partial charge in [0.05, 0.1) is 13.0 Å². The molecule has 120 valence electrons. The second kappa shape index (κ2) is 7.85. The lowest BCUT2D eigenvalue weighted by Crippen LogP contribution is -2.53. The summed E-state index contributed by atoms with van der Waals surface area (Å²) in [6.07, 6.45) is 2.97. The maximum atomic E-state index is 12.3. The molecular weight excluding hydrogens is 276 g/mol. The van der Waals surface area contributed by atoms with Crippen molar-refractivity contribution in [3.63, 3.8) is 0 Å². The fourth-order valence-corrected chi connectivity index (χ4v) is 2.53. The van der Waals surface area contributed by atoms with E-state index in [9.17, 15) is 19.5 Å². The van der Waals surface area contributed by atoms with Gasteiger partial charge in [0.25, 0.3) is 0 Å². The van der Waals surface area contributed by atoms with Crippen molar-refractivity contribution >= 4 is 18.0 Å².